The van der Waals surface area contributed by atoms with Crippen LogP contribution < -0.4 is 0 Å². The summed E-state index contributed by atoms with van der Waals surface area (Å²) in [5, 5.41) is 8.70. The van der Waals surface area contributed by atoms with Crippen molar-refractivity contribution in [3.63, 3.8) is 0 Å². The second kappa shape index (κ2) is 4.44. The fourth-order valence-corrected chi connectivity index (χ4v) is 1.55. The zero-order valence-electron chi connectivity index (χ0n) is 7.95. The van der Waals surface area contributed by atoms with Gasteiger partial charge in [0.05, 0.1) is 12.1 Å². The monoisotopic (exact) mass is 167 g/mol. The molecule has 1 fully saturated rings. The Morgan fingerprint density at radius 3 is 2.33 bits per heavy atom. The quantitative estimate of drug-likeness (QED) is 0.601. The number of piperazine rings is 1. The van der Waals surface area contributed by atoms with E-state index in [9.17, 15) is 0 Å². The summed E-state index contributed by atoms with van der Waals surface area (Å²) in [7, 11) is 0. The van der Waals surface area contributed by atoms with Crippen molar-refractivity contribution in [2.45, 2.75) is 19.9 Å². The molecule has 1 atom stereocenters. The Hall–Kier alpha value is -0.590. The number of nitriles is 1. The minimum Gasteiger partial charge on any atom is -0.301 e. The van der Waals surface area contributed by atoms with E-state index in [4.69, 9.17) is 5.26 Å². The Bertz CT molecular complexity index is 165. The maximum Gasteiger partial charge on any atom is 0.0950 e. The van der Waals surface area contributed by atoms with Crippen molar-refractivity contribution in [3.8, 4) is 6.07 Å². The molecule has 1 aliphatic rings. The molecular formula is C9H17N3. The van der Waals surface area contributed by atoms with Crippen LogP contribution in [0.2, 0.25) is 0 Å². The van der Waals surface area contributed by atoms with E-state index in [0.29, 0.717) is 0 Å². The predicted molar refractivity (Wildman–Crippen MR) is 48.8 cm³/mol. The second-order valence-electron chi connectivity index (χ2n) is 3.28. The molecule has 0 radical (unpaired) electrons. The third-order valence-corrected chi connectivity index (χ3v) is 2.59. The topological polar surface area (TPSA) is 30.3 Å². The second-order valence-corrected chi connectivity index (χ2v) is 3.28. The first-order valence-electron chi connectivity index (χ1n) is 4.64. The van der Waals surface area contributed by atoms with Crippen LogP contribution in [0.5, 0.6) is 0 Å². The van der Waals surface area contributed by atoms with Gasteiger partial charge in [-0.3, -0.25) is 4.90 Å². The van der Waals surface area contributed by atoms with Gasteiger partial charge >= 0.3 is 0 Å². The number of hydrogen-bond acceptors (Lipinski definition) is 3. The zero-order valence-corrected chi connectivity index (χ0v) is 7.95. The van der Waals surface area contributed by atoms with Gasteiger partial charge in [-0.25, -0.2) is 0 Å². The Balaban J connectivity index is 2.31. The van der Waals surface area contributed by atoms with Gasteiger partial charge in [-0.1, -0.05) is 6.92 Å². The number of hydrogen-bond donors (Lipinski definition) is 0. The van der Waals surface area contributed by atoms with Gasteiger partial charge in [0.25, 0.3) is 0 Å². The van der Waals surface area contributed by atoms with Crippen LogP contribution in [0.1, 0.15) is 13.8 Å². The van der Waals surface area contributed by atoms with E-state index in [-0.39, 0.29) is 6.04 Å². The van der Waals surface area contributed by atoms with Crippen LogP contribution in [0.15, 0.2) is 0 Å². The minimum atomic E-state index is 0.0870. The highest BCUT2D eigenvalue weighted by atomic mass is 15.3. The number of rotatable bonds is 2. The summed E-state index contributed by atoms with van der Waals surface area (Å²) in [6.45, 7) is 9.61. The summed E-state index contributed by atoms with van der Waals surface area (Å²) in [5.74, 6) is 0. The lowest BCUT2D eigenvalue weighted by Crippen LogP contribution is -2.48. The van der Waals surface area contributed by atoms with Gasteiger partial charge in [-0.2, -0.15) is 5.26 Å². The van der Waals surface area contributed by atoms with Gasteiger partial charge in [0, 0.05) is 26.2 Å². The van der Waals surface area contributed by atoms with E-state index >= 15 is 0 Å². The van der Waals surface area contributed by atoms with Gasteiger partial charge in [0.1, 0.15) is 0 Å². The molecule has 0 aromatic heterocycles. The molecule has 3 nitrogen and oxygen atoms in total. The summed E-state index contributed by atoms with van der Waals surface area (Å²) in [5.41, 5.74) is 0. The summed E-state index contributed by atoms with van der Waals surface area (Å²) in [6.07, 6.45) is 0. The molecule has 0 aliphatic carbocycles. The van der Waals surface area contributed by atoms with E-state index in [1.165, 1.54) is 0 Å². The molecule has 12 heavy (non-hydrogen) atoms. The first-order chi connectivity index (χ1) is 5.77. The fraction of sp³-hybridized carbons (Fsp3) is 0.889. The van der Waals surface area contributed by atoms with Crippen LogP contribution in [-0.2, 0) is 0 Å². The Labute approximate surface area is 74.6 Å². The highest BCUT2D eigenvalue weighted by Crippen LogP contribution is 2.04. The van der Waals surface area contributed by atoms with Crippen molar-refractivity contribution in [3.05, 3.63) is 0 Å². The van der Waals surface area contributed by atoms with Gasteiger partial charge in [0.15, 0.2) is 0 Å². The van der Waals surface area contributed by atoms with Crippen molar-refractivity contribution < 1.29 is 0 Å². The van der Waals surface area contributed by atoms with Crippen LogP contribution >= 0.6 is 0 Å². The maximum absolute atomic E-state index is 8.70. The van der Waals surface area contributed by atoms with Gasteiger partial charge in [-0.05, 0) is 13.5 Å². The lowest BCUT2D eigenvalue weighted by atomic mass is 10.2. The molecule has 1 rings (SSSR count). The summed E-state index contributed by atoms with van der Waals surface area (Å²) in [4.78, 5) is 4.66. The molecule has 0 spiro atoms. The first kappa shape index (κ1) is 9.50. The molecule has 3 heteroatoms. The molecular weight excluding hydrogens is 150 g/mol. The summed E-state index contributed by atoms with van der Waals surface area (Å²) < 4.78 is 0. The molecule has 0 amide bonds. The minimum absolute atomic E-state index is 0.0870. The lowest BCUT2D eigenvalue weighted by molar-refractivity contribution is 0.124. The molecule has 0 saturated carbocycles. The molecule has 1 aliphatic heterocycles. The fourth-order valence-electron chi connectivity index (χ4n) is 1.55. The highest BCUT2D eigenvalue weighted by Gasteiger charge is 2.19. The Morgan fingerprint density at radius 1 is 1.33 bits per heavy atom. The molecule has 1 saturated heterocycles. The molecule has 0 bridgehead atoms. The van der Waals surface area contributed by atoms with Crippen molar-refractivity contribution in [1.82, 2.24) is 9.80 Å². The van der Waals surface area contributed by atoms with Gasteiger partial charge < -0.3 is 4.90 Å². The maximum atomic E-state index is 8.70. The Morgan fingerprint density at radius 2 is 1.92 bits per heavy atom. The smallest absolute Gasteiger partial charge is 0.0950 e. The first-order valence-corrected chi connectivity index (χ1v) is 4.64. The van der Waals surface area contributed by atoms with Crippen LogP contribution in [0.4, 0.5) is 0 Å². The zero-order chi connectivity index (χ0) is 8.97. The number of nitrogens with zero attached hydrogens (tertiary/aromatic N) is 3. The highest BCUT2D eigenvalue weighted by molar-refractivity contribution is 4.89. The molecule has 0 aromatic carbocycles. The van der Waals surface area contributed by atoms with Crippen LogP contribution in [0.3, 0.4) is 0 Å². The van der Waals surface area contributed by atoms with E-state index in [1.54, 1.807) is 0 Å². The molecule has 68 valence electrons. The van der Waals surface area contributed by atoms with Crippen LogP contribution in [0, 0.1) is 11.3 Å². The third-order valence-electron chi connectivity index (χ3n) is 2.59. The third kappa shape index (κ3) is 2.20. The van der Waals surface area contributed by atoms with Crippen LogP contribution in [-0.4, -0.2) is 48.6 Å². The normalized spacial score (nSPS) is 23.4. The van der Waals surface area contributed by atoms with Crippen LogP contribution in [0.25, 0.3) is 0 Å². The molecule has 1 heterocycles. The number of likely N-dealkylation sites (N-methyl/N-ethyl adjacent to an activating group) is 1. The van der Waals surface area contributed by atoms with Crippen molar-refractivity contribution >= 4 is 0 Å². The average Bonchev–Trinajstić information content (AvgIpc) is 2.17. The lowest BCUT2D eigenvalue weighted by Gasteiger charge is -2.35. The predicted octanol–water partition coefficient (Wildman–Crippen LogP) is 0.536. The van der Waals surface area contributed by atoms with Gasteiger partial charge in [-0.15, -0.1) is 0 Å². The van der Waals surface area contributed by atoms with Gasteiger partial charge in [0.2, 0.25) is 0 Å². The van der Waals surface area contributed by atoms with Crippen molar-refractivity contribution in [2.24, 2.45) is 0 Å². The molecule has 0 N–H and O–H groups in total. The van der Waals surface area contributed by atoms with Crippen molar-refractivity contribution in [1.29, 1.82) is 5.26 Å². The average molecular weight is 167 g/mol. The Kier molecular flexibility index (Phi) is 3.51. The summed E-state index contributed by atoms with van der Waals surface area (Å²) >= 11 is 0. The molecule has 0 aromatic rings. The van der Waals surface area contributed by atoms with E-state index in [2.05, 4.69) is 22.8 Å². The standard InChI is InChI=1S/C9H17N3/c1-3-11-4-6-12(7-5-11)9(2)8-10/h9H,3-7H2,1-2H3. The van der Waals surface area contributed by atoms with E-state index < -0.39 is 0 Å². The van der Waals surface area contributed by atoms with E-state index in [1.807, 2.05) is 6.92 Å². The largest absolute Gasteiger partial charge is 0.301 e. The molecule has 1 unspecified atom stereocenters. The van der Waals surface area contributed by atoms with E-state index in [0.717, 1.165) is 32.7 Å². The SMILES string of the molecule is CCN1CCN(C(C)C#N)CC1. The summed E-state index contributed by atoms with van der Waals surface area (Å²) in [6, 6.07) is 2.36. The van der Waals surface area contributed by atoms with Crippen molar-refractivity contribution in [2.75, 3.05) is 32.7 Å².